The largest absolute Gasteiger partial charge is 0.443 e. The van der Waals surface area contributed by atoms with Crippen molar-refractivity contribution in [3.8, 4) is 0 Å². The maximum Gasteiger partial charge on any atom is 0.340 e. The van der Waals surface area contributed by atoms with E-state index in [0.717, 1.165) is 5.56 Å². The average molecular weight is 211 g/mol. The van der Waals surface area contributed by atoms with Crippen molar-refractivity contribution in [2.75, 3.05) is 0 Å². The highest BCUT2D eigenvalue weighted by molar-refractivity contribution is 6.20. The molecule has 2 nitrogen and oxygen atoms in total. The number of halogens is 1. The molecule has 0 spiro atoms. The van der Waals surface area contributed by atoms with Gasteiger partial charge in [-0.25, -0.2) is 4.79 Å². The molecule has 1 aromatic rings. The molecule has 0 bridgehead atoms. The Morgan fingerprint density at radius 1 is 1.57 bits per heavy atom. The Hall–Kier alpha value is -1.28. The fourth-order valence-corrected chi connectivity index (χ4v) is 1.15. The van der Waals surface area contributed by atoms with Crippen LogP contribution in [0.15, 0.2) is 30.8 Å². The Morgan fingerprint density at radius 3 is 2.79 bits per heavy atom. The summed E-state index contributed by atoms with van der Waals surface area (Å²) >= 11 is 5.55. The van der Waals surface area contributed by atoms with E-state index in [9.17, 15) is 4.79 Å². The van der Waals surface area contributed by atoms with Gasteiger partial charge in [-0.15, -0.1) is 0 Å². The summed E-state index contributed by atoms with van der Waals surface area (Å²) in [5.41, 5.74) is 0.602. The van der Waals surface area contributed by atoms with Gasteiger partial charge in [-0.1, -0.05) is 42.5 Å². The molecule has 14 heavy (non-hydrogen) atoms. The van der Waals surface area contributed by atoms with Crippen molar-refractivity contribution < 1.29 is 9.53 Å². The minimum atomic E-state index is -0.625. The summed E-state index contributed by atoms with van der Waals surface area (Å²) in [6.45, 7) is 5.21. The molecule has 0 N–H and O–H groups in total. The quantitative estimate of drug-likeness (QED) is 0.566. The zero-order chi connectivity index (χ0) is 10.6. The van der Waals surface area contributed by atoms with Crippen LogP contribution in [0.1, 0.15) is 22.8 Å². The Bertz CT molecular complexity index is 345. The van der Waals surface area contributed by atoms with E-state index in [1.54, 1.807) is 31.2 Å². The van der Waals surface area contributed by atoms with Crippen LogP contribution < -0.4 is 0 Å². The molecule has 0 saturated heterocycles. The molecule has 0 fully saturated rings. The maximum atomic E-state index is 11.5. The molecule has 0 saturated carbocycles. The van der Waals surface area contributed by atoms with E-state index in [4.69, 9.17) is 16.3 Å². The van der Waals surface area contributed by atoms with Crippen LogP contribution in [0, 0.1) is 0 Å². The molecule has 1 rings (SSSR count). The monoisotopic (exact) mass is 210 g/mol. The Balaban J connectivity index is 2.94. The van der Waals surface area contributed by atoms with Gasteiger partial charge in [-0.3, -0.25) is 0 Å². The molecule has 1 atom stereocenters. The normalized spacial score (nSPS) is 11.9. The van der Waals surface area contributed by atoms with Gasteiger partial charge >= 0.3 is 5.97 Å². The van der Waals surface area contributed by atoms with Crippen LogP contribution in [0.2, 0.25) is 0 Å². The lowest BCUT2D eigenvalue weighted by atomic mass is 10.1. The summed E-state index contributed by atoms with van der Waals surface area (Å²) in [4.78, 5) is 11.5. The number of hydrogen-bond acceptors (Lipinski definition) is 2. The molecule has 0 aromatic heterocycles. The summed E-state index contributed by atoms with van der Waals surface area (Å²) in [5.74, 6) is -0.428. The van der Waals surface area contributed by atoms with Gasteiger partial charge in [0.2, 0.25) is 0 Å². The van der Waals surface area contributed by atoms with Gasteiger partial charge in [0.25, 0.3) is 0 Å². The second-order valence-electron chi connectivity index (χ2n) is 2.74. The van der Waals surface area contributed by atoms with E-state index in [2.05, 4.69) is 6.58 Å². The summed E-state index contributed by atoms with van der Waals surface area (Å²) < 4.78 is 4.86. The highest BCUT2D eigenvalue weighted by atomic mass is 35.5. The topological polar surface area (TPSA) is 26.3 Å². The van der Waals surface area contributed by atoms with Gasteiger partial charge in [0.1, 0.15) is 0 Å². The minimum absolute atomic E-state index is 0.428. The van der Waals surface area contributed by atoms with E-state index in [1.165, 1.54) is 0 Å². The lowest BCUT2D eigenvalue weighted by Crippen LogP contribution is -2.10. The number of benzene rings is 1. The average Bonchev–Trinajstić information content (AvgIpc) is 2.16. The number of esters is 1. The van der Waals surface area contributed by atoms with Gasteiger partial charge in [-0.2, -0.15) is 0 Å². The van der Waals surface area contributed by atoms with Crippen molar-refractivity contribution in [2.24, 2.45) is 0 Å². The third-order valence-corrected chi connectivity index (χ3v) is 1.76. The molecule has 0 heterocycles. The summed E-state index contributed by atoms with van der Waals surface area (Å²) in [6.07, 6.45) is 1.61. The second kappa shape index (κ2) is 4.82. The molecule has 0 aliphatic rings. The lowest BCUT2D eigenvalue weighted by molar-refractivity contribution is 0.0472. The summed E-state index contributed by atoms with van der Waals surface area (Å²) in [5, 5.41) is 0. The fraction of sp³-hybridized carbons (Fsp3) is 0.182. The standard InChI is InChI=1S/C11H11ClO2/c1-3-9-6-4-5-7-10(9)11(13)14-8(2)12/h3-8H,1H2,2H3. The highest BCUT2D eigenvalue weighted by Gasteiger charge is 2.12. The zero-order valence-corrected chi connectivity index (χ0v) is 8.62. The van der Waals surface area contributed by atoms with Crippen molar-refractivity contribution in [1.29, 1.82) is 0 Å². The zero-order valence-electron chi connectivity index (χ0n) is 7.87. The first-order valence-electron chi connectivity index (χ1n) is 4.21. The van der Waals surface area contributed by atoms with E-state index < -0.39 is 11.5 Å². The van der Waals surface area contributed by atoms with Gasteiger partial charge in [0.05, 0.1) is 5.56 Å². The number of alkyl halides is 1. The van der Waals surface area contributed by atoms with Gasteiger partial charge in [0.15, 0.2) is 5.56 Å². The third-order valence-electron chi connectivity index (χ3n) is 1.67. The maximum absolute atomic E-state index is 11.5. The Kier molecular flexibility index (Phi) is 3.72. The van der Waals surface area contributed by atoms with Crippen LogP contribution >= 0.6 is 11.6 Å². The SMILES string of the molecule is C=Cc1ccccc1C(=O)OC(C)Cl. The number of rotatable bonds is 3. The van der Waals surface area contributed by atoms with E-state index in [1.807, 2.05) is 6.07 Å². The van der Waals surface area contributed by atoms with E-state index in [0.29, 0.717) is 5.56 Å². The number of hydrogen-bond donors (Lipinski definition) is 0. The first-order valence-corrected chi connectivity index (χ1v) is 4.65. The van der Waals surface area contributed by atoms with E-state index >= 15 is 0 Å². The van der Waals surface area contributed by atoms with Crippen molar-refractivity contribution >= 4 is 23.6 Å². The third kappa shape index (κ3) is 2.60. The van der Waals surface area contributed by atoms with Crippen LogP contribution in [0.3, 0.4) is 0 Å². The molecule has 0 aliphatic carbocycles. The van der Waals surface area contributed by atoms with Crippen molar-refractivity contribution in [3.63, 3.8) is 0 Å². The van der Waals surface area contributed by atoms with E-state index in [-0.39, 0.29) is 0 Å². The van der Waals surface area contributed by atoms with Crippen molar-refractivity contribution in [3.05, 3.63) is 42.0 Å². The molecule has 0 radical (unpaired) electrons. The van der Waals surface area contributed by atoms with Crippen LogP contribution in [0.4, 0.5) is 0 Å². The van der Waals surface area contributed by atoms with Crippen molar-refractivity contribution in [2.45, 2.75) is 12.5 Å². The molecular formula is C11H11ClO2. The molecule has 1 aromatic carbocycles. The van der Waals surface area contributed by atoms with Crippen LogP contribution in [0.5, 0.6) is 0 Å². The van der Waals surface area contributed by atoms with Crippen molar-refractivity contribution in [1.82, 2.24) is 0 Å². The van der Waals surface area contributed by atoms with Crippen LogP contribution in [-0.2, 0) is 4.74 Å². The number of carbonyl (C=O) groups is 1. The number of ether oxygens (including phenoxy) is 1. The molecule has 1 unspecified atom stereocenters. The molecule has 0 amide bonds. The predicted octanol–water partition coefficient (Wildman–Crippen LogP) is 3.07. The summed E-state index contributed by atoms with van der Waals surface area (Å²) in [6, 6.07) is 7.07. The fourth-order valence-electron chi connectivity index (χ4n) is 1.07. The van der Waals surface area contributed by atoms with Gasteiger partial charge in [-0.05, 0) is 18.6 Å². The van der Waals surface area contributed by atoms with Gasteiger partial charge in [0, 0.05) is 0 Å². The lowest BCUT2D eigenvalue weighted by Gasteiger charge is -2.07. The first-order chi connectivity index (χ1) is 6.65. The number of carbonyl (C=O) groups excluding carboxylic acids is 1. The summed E-state index contributed by atoms with van der Waals surface area (Å²) in [7, 11) is 0. The van der Waals surface area contributed by atoms with Crippen LogP contribution in [-0.4, -0.2) is 11.5 Å². The molecule has 0 aliphatic heterocycles. The Morgan fingerprint density at radius 2 is 2.21 bits per heavy atom. The first kappa shape index (κ1) is 10.8. The molecule has 74 valence electrons. The molecule has 3 heteroatoms. The van der Waals surface area contributed by atoms with Gasteiger partial charge < -0.3 is 4.74 Å². The minimum Gasteiger partial charge on any atom is -0.443 e. The Labute approximate surface area is 88.1 Å². The predicted molar refractivity (Wildman–Crippen MR) is 57.3 cm³/mol. The molecular weight excluding hydrogens is 200 g/mol. The second-order valence-corrected chi connectivity index (χ2v) is 3.35. The smallest absolute Gasteiger partial charge is 0.340 e. The highest BCUT2D eigenvalue weighted by Crippen LogP contribution is 2.13. The van der Waals surface area contributed by atoms with Crippen LogP contribution in [0.25, 0.3) is 6.08 Å².